The fraction of sp³-hybridized carbons (Fsp3) is 0.437. The Morgan fingerprint density at radius 1 is 0.552 bits per heavy atom. The molecule has 31 heteroatoms. The molecule has 7 amide bonds. The van der Waals surface area contributed by atoms with Crippen molar-refractivity contribution < 1.29 is 104 Å². The molecule has 1 unspecified atom stereocenters. The summed E-state index contributed by atoms with van der Waals surface area (Å²) >= 11 is 0. The molecule has 7 aromatic rings. The van der Waals surface area contributed by atoms with Crippen LogP contribution in [0.4, 0.5) is 10.5 Å². The standard InChI is InChI=1S/C10H12O.C9H9NO2.C9H11NO2.C9H9NO.C9H10O.C8H11NO2S.C8H9NO2.C5H9NO2.C5H10O.C4H5NO2.C4H8O2.C4H8O.C4H10.C4H8.C3H6O.C3H8.C2H6O2S.C2H6.CH4/c1-9(11)7-8-10-5-3-2-4-6-10;1-10-8(11)6-4-2-3-5-7(6)9(10)12;1-10-9(12)6-7-2-4-8(11)5-3-7;1-10-6-7-4-2-3-5-8(7)9(10)11;1-8(10)7-9-5-3-2-4-6-9;1-7-3-5-8(6-4-7)12(10,11)9-2;1-11-8(10)9-7-5-3-2-4-6-7;1-4(7)3-6-5(2)8;1-3-4-5(2)6;1-5-3(6)2-4(5)7;1-4(5)3-6-2;1-3-4(2)5;1-4(2)3;1-3-4-2;1-3(2)4;1-3-2;1-5(2,3)4;1-2;/h2-6H,7-8H2,1H3;2-5,8,11H,1H3;2-5,11H,6H2,1H3,(H,10,12);2-5H,6H2,1H3;2-6H,7H2,1H3;3-6,9H,1-2H3;2-6H,1H3,(H,9,10);3H2,1-2H3,(H,6,8);3-4H2,1-2H3;2H2,1H3;3H2,1-2H3;3H2,1-2H3;4H,1-3H3;3H,1,4H2,2H3;1-2H3;3H2,1-2H3;1-2H3;1-2H3;1H4. The van der Waals surface area contributed by atoms with Crippen LogP contribution in [0.2, 0.25) is 0 Å². The Kier molecular flexibility index (Phi) is 91.2. The SMILES string of the molecule is C.C=CCC.CC.CC(=O)CCc1ccccc1.CC(=O)CNC(C)=O.CC(=O)Cc1ccccc1.CC(C)=O.CC(C)C.CCC.CCC(C)=O.CCCC(C)=O.CN1C(=O)CC1=O.CN1C(=O)c2ccccc2C1O.CN1Cc2ccccc2C1=O.CNC(=O)Cc1ccc(O)cc1.CNS(=O)(=O)c1ccc(C)cc1.COC(=O)Nc1ccccc1.COCC(C)=O.CS(C)(=O)=O. The number of aliphatic hydroxyl groups is 1. The maximum Gasteiger partial charge on any atom is 0.411 e. The number of likely N-dealkylation sites (tertiary alicyclic amines) is 1. The molecule has 0 radical (unpaired) electrons. The van der Waals surface area contributed by atoms with Crippen molar-refractivity contribution in [2.75, 3.05) is 80.4 Å². The van der Waals surface area contributed by atoms with Crippen molar-refractivity contribution in [3.8, 4) is 5.75 Å². The number of likely N-dealkylation sites (N-methyl/N-ethyl adjacent to an activating group) is 1. The number of ether oxygens (including phenoxy) is 2. The minimum absolute atomic E-state index is 0. The molecule has 29 nitrogen and oxygen atoms in total. The number of rotatable bonds is 18. The maximum absolute atomic E-state index is 11.4. The molecule has 0 spiro atoms. The molecule has 0 bridgehead atoms. The molecule has 10 rings (SSSR count). The van der Waals surface area contributed by atoms with Gasteiger partial charge in [0.05, 0.1) is 25.0 Å². The summed E-state index contributed by atoms with van der Waals surface area (Å²) in [5.41, 5.74) is 8.31. The molecule has 750 valence electrons. The van der Waals surface area contributed by atoms with Crippen molar-refractivity contribution >= 4 is 108 Å². The second-order valence-electron chi connectivity index (χ2n) is 29.7. The molecule has 6 N–H and O–H groups in total. The highest BCUT2D eigenvalue weighted by Gasteiger charge is 2.32. The molecule has 3 aliphatic rings. The summed E-state index contributed by atoms with van der Waals surface area (Å²) in [6, 6.07) is 57.1. The van der Waals surface area contributed by atoms with Crippen molar-refractivity contribution in [2.24, 2.45) is 5.92 Å². The number of carbonyl (C=O) groups is 14. The third-order valence-corrected chi connectivity index (χ3v) is 16.3. The number of nitrogens with zero attached hydrogens (tertiary/aromatic N) is 3. The summed E-state index contributed by atoms with van der Waals surface area (Å²) < 4.78 is 52.8. The number of allylic oxidation sites excluding steroid dienone is 1. The van der Waals surface area contributed by atoms with Crippen molar-refractivity contribution in [1.82, 2.24) is 30.1 Å². The average Bonchev–Trinajstić information content (AvgIpc) is 1.64. The van der Waals surface area contributed by atoms with E-state index in [1.54, 1.807) is 126 Å². The first-order chi connectivity index (χ1) is 62.1. The van der Waals surface area contributed by atoms with E-state index < -0.39 is 32.2 Å². The fourth-order valence-corrected chi connectivity index (χ4v) is 9.04. The number of sulfonamides is 1. The molecule has 0 aromatic heterocycles. The van der Waals surface area contributed by atoms with Crippen LogP contribution >= 0.6 is 0 Å². The first-order valence-electron chi connectivity index (χ1n) is 43.2. The zero-order chi connectivity index (χ0) is 104. The Hall–Kier alpha value is -12.2. The van der Waals surface area contributed by atoms with Gasteiger partial charge in [-0.2, -0.15) is 0 Å². The van der Waals surface area contributed by atoms with E-state index in [-0.39, 0.29) is 109 Å². The normalized spacial score (nSPS) is 11.1. The van der Waals surface area contributed by atoms with E-state index in [1.165, 1.54) is 79.8 Å². The highest BCUT2D eigenvalue weighted by molar-refractivity contribution is 7.90. The molecule has 3 heterocycles. The number of phenols is 1. The lowest BCUT2D eigenvalue weighted by molar-refractivity contribution is -0.155. The van der Waals surface area contributed by atoms with Gasteiger partial charge in [0.1, 0.15) is 63.3 Å². The van der Waals surface area contributed by atoms with Crippen LogP contribution < -0.4 is 20.7 Å². The summed E-state index contributed by atoms with van der Waals surface area (Å²) in [5, 5.41) is 25.9. The summed E-state index contributed by atoms with van der Waals surface area (Å²) in [7, 11) is 4.79. The molecule has 1 fully saturated rings. The predicted octanol–water partition coefficient (Wildman–Crippen LogP) is 17.8. The Morgan fingerprint density at radius 3 is 1.26 bits per heavy atom. The Labute approximate surface area is 801 Å². The van der Waals surface area contributed by atoms with Gasteiger partial charge in [0.15, 0.2) is 12.0 Å². The molecule has 3 aliphatic heterocycles. The van der Waals surface area contributed by atoms with E-state index in [0.717, 1.165) is 89.1 Å². The monoisotopic (exact) mass is 1910 g/mol. The van der Waals surface area contributed by atoms with Gasteiger partial charge in [-0.05, 0) is 165 Å². The van der Waals surface area contributed by atoms with E-state index in [1.807, 2.05) is 157 Å². The zero-order valence-corrected chi connectivity index (χ0v) is 85.9. The fourth-order valence-electron chi connectivity index (χ4n) is 8.31. The summed E-state index contributed by atoms with van der Waals surface area (Å²) in [6.45, 7) is 41.0. The second-order valence-corrected chi connectivity index (χ2v) is 33.9. The first kappa shape index (κ1) is 140. The quantitative estimate of drug-likeness (QED) is 0.0264. The van der Waals surface area contributed by atoms with Crippen LogP contribution in [0.25, 0.3) is 0 Å². The summed E-state index contributed by atoms with van der Waals surface area (Å²) in [6.07, 6.45) is 10.2. The number of para-hydroxylation sites is 1. The third kappa shape index (κ3) is 89.1. The molecule has 0 saturated carbocycles. The number of anilines is 1. The van der Waals surface area contributed by atoms with Gasteiger partial charge in [-0.15, -0.1) is 6.58 Å². The van der Waals surface area contributed by atoms with Crippen molar-refractivity contribution in [2.45, 2.75) is 228 Å². The van der Waals surface area contributed by atoms with Gasteiger partial charge < -0.3 is 59.3 Å². The number of Topliss-reactive ketones (excluding diaryl/α,β-unsaturated/α-hetero) is 7. The van der Waals surface area contributed by atoms with Gasteiger partial charge in [-0.1, -0.05) is 234 Å². The molecular weight excluding hydrogens is 1750 g/mol. The lowest BCUT2D eigenvalue weighted by atomic mass is 10.1. The van der Waals surface area contributed by atoms with Gasteiger partial charge in [-0.3, -0.25) is 53.4 Å². The number of aliphatic hydroxyl groups excluding tert-OH is 1. The number of benzene rings is 7. The van der Waals surface area contributed by atoms with E-state index in [9.17, 15) is 89.1 Å². The molecule has 0 aliphatic carbocycles. The number of fused-ring (bicyclic) bond motifs is 2. The molecular formula is C103H159N7O22S2. The topological polar surface area (TPSA) is 424 Å². The van der Waals surface area contributed by atoms with Gasteiger partial charge in [0, 0.05) is 109 Å². The number of ketones is 7. The first-order valence-corrected chi connectivity index (χ1v) is 47.0. The molecule has 134 heavy (non-hydrogen) atoms. The van der Waals surface area contributed by atoms with Crippen LogP contribution in [0.3, 0.4) is 0 Å². The highest BCUT2D eigenvalue weighted by Crippen LogP contribution is 2.29. The number of nitrogens with one attached hydrogen (secondary N) is 4. The number of sulfone groups is 1. The number of aromatic hydroxyl groups is 1. The maximum atomic E-state index is 11.4. The van der Waals surface area contributed by atoms with Crippen LogP contribution in [-0.2, 0) is 108 Å². The predicted molar refractivity (Wildman–Crippen MR) is 541 cm³/mol. The lowest BCUT2D eigenvalue weighted by Gasteiger charge is -2.22. The Morgan fingerprint density at radius 2 is 0.955 bits per heavy atom. The van der Waals surface area contributed by atoms with Crippen molar-refractivity contribution in [3.63, 3.8) is 0 Å². The Bertz CT molecular complexity index is 4610. The van der Waals surface area contributed by atoms with Gasteiger partial charge in [0.25, 0.3) is 11.8 Å². The number of β-lactam (4-membered cyclic amide) rings is 2. The van der Waals surface area contributed by atoms with Crippen LogP contribution in [0.5, 0.6) is 5.75 Å². The summed E-state index contributed by atoms with van der Waals surface area (Å²) in [4.78, 5) is 150. The highest BCUT2D eigenvalue weighted by atomic mass is 32.2. The number of aryl methyl sites for hydroxylation is 2. The van der Waals surface area contributed by atoms with E-state index in [0.29, 0.717) is 41.7 Å². The van der Waals surface area contributed by atoms with Crippen LogP contribution in [0, 0.1) is 12.8 Å². The third-order valence-electron chi connectivity index (χ3n) is 14.8. The van der Waals surface area contributed by atoms with E-state index in [4.69, 9.17) is 5.11 Å². The minimum Gasteiger partial charge on any atom is -0.508 e. The number of carbonyl (C=O) groups excluding carboxylic acids is 14. The smallest absolute Gasteiger partial charge is 0.411 e. The van der Waals surface area contributed by atoms with Gasteiger partial charge in [-0.25, -0.2) is 26.4 Å². The van der Waals surface area contributed by atoms with Crippen molar-refractivity contribution in [3.05, 3.63) is 245 Å². The van der Waals surface area contributed by atoms with Crippen LogP contribution in [-0.4, -0.2) is 199 Å². The van der Waals surface area contributed by atoms with E-state index in [2.05, 4.69) is 78.3 Å². The largest absolute Gasteiger partial charge is 0.508 e. The number of hydrogen-bond acceptors (Lipinski definition) is 22. The average molecular weight is 1910 g/mol. The van der Waals surface area contributed by atoms with Gasteiger partial charge in [0.2, 0.25) is 33.7 Å². The van der Waals surface area contributed by atoms with E-state index >= 15 is 0 Å². The Balaban J connectivity index is -0.000000179. The molecule has 7 aromatic carbocycles. The van der Waals surface area contributed by atoms with Gasteiger partial charge >= 0.3 is 6.09 Å². The molecule has 1 atom stereocenters. The number of amides is 7. The molecule has 1 saturated heterocycles. The number of imide groups is 1. The zero-order valence-electron chi connectivity index (χ0n) is 84.2. The number of phenolic OH excluding ortho intramolecular Hbond substituents is 1. The number of hydrogen-bond donors (Lipinski definition) is 6. The number of methoxy groups -OCH3 is 2. The second kappa shape index (κ2) is 87.5. The summed E-state index contributed by atoms with van der Waals surface area (Å²) in [5.74, 6) is 1.95. The van der Waals surface area contributed by atoms with Crippen LogP contribution in [0.1, 0.15) is 244 Å². The van der Waals surface area contributed by atoms with Crippen molar-refractivity contribution in [1.29, 1.82) is 0 Å². The van der Waals surface area contributed by atoms with Crippen LogP contribution in [0.15, 0.2) is 206 Å². The lowest BCUT2D eigenvalue weighted by Crippen LogP contribution is -2.45. The minimum atomic E-state index is -3.26.